The minimum absolute atomic E-state index is 0. The van der Waals surface area contributed by atoms with Crippen LogP contribution in [0.1, 0.15) is 26.2 Å². The number of amides is 1. The monoisotopic (exact) mass is 398 g/mol. The fourth-order valence-corrected chi connectivity index (χ4v) is 2.00. The first kappa shape index (κ1) is 19.4. The lowest BCUT2D eigenvalue weighted by atomic mass is 10.1. The van der Waals surface area contributed by atoms with Gasteiger partial charge < -0.3 is 20.3 Å². The predicted octanol–water partition coefficient (Wildman–Crippen LogP) is 0.818. The molecule has 1 rings (SSSR count). The van der Waals surface area contributed by atoms with E-state index in [-0.39, 0.29) is 36.4 Å². The molecule has 6 nitrogen and oxygen atoms in total. The van der Waals surface area contributed by atoms with E-state index in [0.29, 0.717) is 19.1 Å². The lowest BCUT2D eigenvalue weighted by Crippen LogP contribution is -2.41. The van der Waals surface area contributed by atoms with Gasteiger partial charge in [0.25, 0.3) is 0 Å². The fourth-order valence-electron chi connectivity index (χ4n) is 2.00. The maximum Gasteiger partial charge on any atom is 0.244 e. The third kappa shape index (κ3) is 7.88. The van der Waals surface area contributed by atoms with Gasteiger partial charge >= 0.3 is 0 Å². The van der Waals surface area contributed by atoms with Crippen molar-refractivity contribution in [3.8, 4) is 0 Å². The van der Waals surface area contributed by atoms with Gasteiger partial charge in [0, 0.05) is 33.3 Å². The van der Waals surface area contributed by atoms with Crippen LogP contribution in [0.25, 0.3) is 0 Å². The predicted molar refractivity (Wildman–Crippen MR) is 91.7 cm³/mol. The maximum absolute atomic E-state index is 12.0. The van der Waals surface area contributed by atoms with Crippen LogP contribution in [-0.2, 0) is 9.53 Å². The molecular weight excluding hydrogens is 371 g/mol. The van der Waals surface area contributed by atoms with Crippen molar-refractivity contribution in [1.29, 1.82) is 0 Å². The Balaban J connectivity index is 0.00000361. The summed E-state index contributed by atoms with van der Waals surface area (Å²) in [6.07, 6.45) is 3.46. The molecule has 0 unspecified atom stereocenters. The maximum atomic E-state index is 12.0. The highest BCUT2D eigenvalue weighted by Gasteiger charge is 2.15. The first-order valence-corrected chi connectivity index (χ1v) is 7.06. The molecule has 0 saturated carbocycles. The second kappa shape index (κ2) is 12.2. The van der Waals surface area contributed by atoms with E-state index in [2.05, 4.69) is 15.6 Å². The number of aliphatic imine (C=N–C) groups is 1. The smallest absolute Gasteiger partial charge is 0.244 e. The standard InChI is InChI=1S/C13H26N4O2.HI/c1-3-14-13(15-7-10-19-2)16-11-12(18)17-8-5-4-6-9-17;/h3-11H2,1-2H3,(H2,14,15,16);1H. The third-order valence-corrected chi connectivity index (χ3v) is 3.02. The minimum atomic E-state index is 0. The first-order chi connectivity index (χ1) is 9.27. The molecule has 118 valence electrons. The summed E-state index contributed by atoms with van der Waals surface area (Å²) >= 11 is 0. The Morgan fingerprint density at radius 3 is 2.55 bits per heavy atom. The Labute approximate surface area is 138 Å². The second-order valence-corrected chi connectivity index (χ2v) is 4.56. The molecule has 1 aliphatic heterocycles. The van der Waals surface area contributed by atoms with Gasteiger partial charge in [-0.2, -0.15) is 0 Å². The summed E-state index contributed by atoms with van der Waals surface area (Å²) < 4.78 is 4.97. The van der Waals surface area contributed by atoms with Gasteiger partial charge in [-0.3, -0.25) is 4.79 Å². The fraction of sp³-hybridized carbons (Fsp3) is 0.846. The van der Waals surface area contributed by atoms with Gasteiger partial charge in [-0.05, 0) is 26.2 Å². The summed E-state index contributed by atoms with van der Waals surface area (Å²) in [6.45, 7) is 6.04. The Kier molecular flexibility index (Phi) is 11.8. The number of piperidine rings is 1. The van der Waals surface area contributed by atoms with Crippen molar-refractivity contribution in [1.82, 2.24) is 15.5 Å². The zero-order valence-corrected chi connectivity index (χ0v) is 14.8. The van der Waals surface area contributed by atoms with E-state index < -0.39 is 0 Å². The molecule has 1 heterocycles. The number of hydrogen-bond acceptors (Lipinski definition) is 3. The van der Waals surface area contributed by atoms with Crippen LogP contribution in [0.5, 0.6) is 0 Å². The molecule has 1 saturated heterocycles. The number of hydrogen-bond donors (Lipinski definition) is 2. The first-order valence-electron chi connectivity index (χ1n) is 7.06. The number of rotatable bonds is 6. The lowest BCUT2D eigenvalue weighted by molar-refractivity contribution is -0.130. The van der Waals surface area contributed by atoms with Gasteiger partial charge in [0.05, 0.1) is 6.61 Å². The lowest BCUT2D eigenvalue weighted by Gasteiger charge is -2.26. The van der Waals surface area contributed by atoms with Gasteiger partial charge in [-0.15, -0.1) is 24.0 Å². The Hall–Kier alpha value is -0.570. The molecule has 1 aliphatic rings. The van der Waals surface area contributed by atoms with Gasteiger partial charge in [-0.1, -0.05) is 0 Å². The molecule has 0 bridgehead atoms. The minimum Gasteiger partial charge on any atom is -0.383 e. The van der Waals surface area contributed by atoms with Gasteiger partial charge in [0.2, 0.25) is 5.91 Å². The van der Waals surface area contributed by atoms with Crippen molar-refractivity contribution in [2.75, 3.05) is 46.4 Å². The third-order valence-electron chi connectivity index (χ3n) is 3.02. The number of methoxy groups -OCH3 is 1. The van der Waals surface area contributed by atoms with Crippen LogP contribution in [0, 0.1) is 0 Å². The summed E-state index contributed by atoms with van der Waals surface area (Å²) in [4.78, 5) is 18.2. The normalized spacial score (nSPS) is 15.5. The molecule has 0 aromatic carbocycles. The number of carbonyl (C=O) groups excluding carboxylic acids is 1. The van der Waals surface area contributed by atoms with E-state index >= 15 is 0 Å². The number of ether oxygens (including phenoxy) is 1. The van der Waals surface area contributed by atoms with Crippen LogP contribution in [0.2, 0.25) is 0 Å². The van der Waals surface area contributed by atoms with E-state index in [1.165, 1.54) is 6.42 Å². The summed E-state index contributed by atoms with van der Waals surface area (Å²) in [5, 5.41) is 6.24. The number of nitrogens with one attached hydrogen (secondary N) is 2. The van der Waals surface area contributed by atoms with Crippen molar-refractivity contribution in [2.45, 2.75) is 26.2 Å². The molecule has 0 radical (unpaired) electrons. The van der Waals surface area contributed by atoms with Crippen molar-refractivity contribution < 1.29 is 9.53 Å². The van der Waals surface area contributed by atoms with Crippen molar-refractivity contribution in [3.05, 3.63) is 0 Å². The molecule has 0 aromatic heterocycles. The Morgan fingerprint density at radius 1 is 1.25 bits per heavy atom. The van der Waals surface area contributed by atoms with Crippen LogP contribution in [-0.4, -0.2) is 63.2 Å². The molecule has 7 heteroatoms. The van der Waals surface area contributed by atoms with E-state index in [1.807, 2.05) is 11.8 Å². The average molecular weight is 398 g/mol. The second-order valence-electron chi connectivity index (χ2n) is 4.56. The van der Waals surface area contributed by atoms with E-state index in [4.69, 9.17) is 4.74 Å². The number of halogens is 1. The molecule has 1 fully saturated rings. The highest BCUT2D eigenvalue weighted by atomic mass is 127. The quantitative estimate of drug-likeness (QED) is 0.301. The molecule has 0 aliphatic carbocycles. The van der Waals surface area contributed by atoms with Crippen molar-refractivity contribution in [2.24, 2.45) is 4.99 Å². The van der Waals surface area contributed by atoms with Crippen molar-refractivity contribution in [3.63, 3.8) is 0 Å². The average Bonchev–Trinajstić information content (AvgIpc) is 2.45. The van der Waals surface area contributed by atoms with Crippen LogP contribution >= 0.6 is 24.0 Å². The Bertz CT molecular complexity index is 294. The Morgan fingerprint density at radius 2 is 1.95 bits per heavy atom. The number of nitrogens with zero attached hydrogens (tertiary/aromatic N) is 2. The summed E-state index contributed by atoms with van der Waals surface area (Å²) in [5.74, 6) is 0.786. The topological polar surface area (TPSA) is 66.0 Å². The van der Waals surface area contributed by atoms with Gasteiger partial charge in [-0.25, -0.2) is 4.99 Å². The van der Waals surface area contributed by atoms with Gasteiger partial charge in [0.15, 0.2) is 5.96 Å². The van der Waals surface area contributed by atoms with E-state index in [9.17, 15) is 4.79 Å². The molecular formula is C13H27IN4O2. The van der Waals surface area contributed by atoms with E-state index in [1.54, 1.807) is 7.11 Å². The number of likely N-dealkylation sites (tertiary alicyclic amines) is 1. The molecule has 20 heavy (non-hydrogen) atoms. The summed E-state index contributed by atoms with van der Waals surface area (Å²) in [7, 11) is 1.66. The number of guanidine groups is 1. The molecule has 0 spiro atoms. The summed E-state index contributed by atoms with van der Waals surface area (Å²) in [5.41, 5.74) is 0. The molecule has 0 atom stereocenters. The highest BCUT2D eigenvalue weighted by Crippen LogP contribution is 2.08. The number of carbonyl (C=O) groups is 1. The van der Waals surface area contributed by atoms with Crippen LogP contribution in [0.15, 0.2) is 4.99 Å². The van der Waals surface area contributed by atoms with Crippen molar-refractivity contribution >= 4 is 35.8 Å². The van der Waals surface area contributed by atoms with Crippen LogP contribution in [0.4, 0.5) is 0 Å². The van der Waals surface area contributed by atoms with E-state index in [0.717, 1.165) is 32.5 Å². The zero-order valence-electron chi connectivity index (χ0n) is 12.5. The molecule has 0 aromatic rings. The van der Waals surface area contributed by atoms with Crippen LogP contribution in [0.3, 0.4) is 0 Å². The highest BCUT2D eigenvalue weighted by molar-refractivity contribution is 14.0. The molecule has 1 amide bonds. The summed E-state index contributed by atoms with van der Waals surface area (Å²) in [6, 6.07) is 0. The molecule has 2 N–H and O–H groups in total. The van der Waals surface area contributed by atoms with Gasteiger partial charge in [0.1, 0.15) is 6.54 Å². The van der Waals surface area contributed by atoms with Crippen LogP contribution < -0.4 is 10.6 Å². The SMILES string of the molecule is CCNC(=NCC(=O)N1CCCCC1)NCCOC.I. The zero-order chi connectivity index (χ0) is 13.9. The largest absolute Gasteiger partial charge is 0.383 e.